The van der Waals surface area contributed by atoms with Crippen LogP contribution in [0.3, 0.4) is 0 Å². The molecular formula is C12H26NP. The van der Waals surface area contributed by atoms with Crippen LogP contribution in [0.1, 0.15) is 53.9 Å². The second-order valence-electron chi connectivity index (χ2n) is 5.95. The highest BCUT2D eigenvalue weighted by atomic mass is 31.1. The Bertz CT molecular complexity index is 171. The minimum absolute atomic E-state index is 0.549. The number of nitrogens with one attached hydrogen (secondary N) is 1. The van der Waals surface area contributed by atoms with Crippen LogP contribution in [0.15, 0.2) is 0 Å². The van der Waals surface area contributed by atoms with Crippen molar-refractivity contribution in [3.8, 4) is 0 Å². The predicted octanol–water partition coefficient (Wildman–Crippen LogP) is 3.38. The summed E-state index contributed by atoms with van der Waals surface area (Å²) in [5, 5.41) is 4.78. The Labute approximate surface area is 91.2 Å². The summed E-state index contributed by atoms with van der Waals surface area (Å²) < 4.78 is 0. The van der Waals surface area contributed by atoms with E-state index in [1.165, 1.54) is 25.8 Å². The van der Waals surface area contributed by atoms with Gasteiger partial charge in [0, 0.05) is 6.04 Å². The molecule has 1 fully saturated rings. The van der Waals surface area contributed by atoms with E-state index in [-0.39, 0.29) is 0 Å². The van der Waals surface area contributed by atoms with Crippen LogP contribution in [0, 0.1) is 0 Å². The summed E-state index contributed by atoms with van der Waals surface area (Å²) in [4.78, 5) is 0. The standard InChI is InChI=1S/C12H26NP/c1-6-7-13-10-8-11(2,3)14-12(4,5)9-10/h10,13-14H,6-9H2,1-5H3. The summed E-state index contributed by atoms with van der Waals surface area (Å²) >= 11 is 0. The molecule has 1 heterocycles. The maximum atomic E-state index is 3.69. The van der Waals surface area contributed by atoms with Crippen LogP contribution in [0.4, 0.5) is 0 Å². The molecule has 0 aromatic heterocycles. The quantitative estimate of drug-likeness (QED) is 0.712. The molecule has 0 aliphatic carbocycles. The molecule has 0 aromatic rings. The summed E-state index contributed by atoms with van der Waals surface area (Å²) in [5.74, 6) is 0. The first-order valence-corrected chi connectivity index (χ1v) is 6.87. The first-order chi connectivity index (χ1) is 6.35. The van der Waals surface area contributed by atoms with Gasteiger partial charge in [0.15, 0.2) is 0 Å². The summed E-state index contributed by atoms with van der Waals surface area (Å²) in [6, 6.07) is 0.751. The molecule has 0 saturated carbocycles. The van der Waals surface area contributed by atoms with Crippen LogP contribution < -0.4 is 5.32 Å². The Kier molecular flexibility index (Phi) is 4.00. The lowest BCUT2D eigenvalue weighted by Crippen LogP contribution is -2.45. The maximum Gasteiger partial charge on any atom is 0.00838 e. The van der Waals surface area contributed by atoms with E-state index in [9.17, 15) is 0 Å². The predicted molar refractivity (Wildman–Crippen MR) is 67.8 cm³/mol. The lowest BCUT2D eigenvalue weighted by Gasteiger charge is -2.45. The smallest absolute Gasteiger partial charge is 0.00838 e. The van der Waals surface area contributed by atoms with Crippen molar-refractivity contribution in [3.63, 3.8) is 0 Å². The van der Waals surface area contributed by atoms with Crippen LogP contribution in [0.25, 0.3) is 0 Å². The number of hydrogen-bond donors (Lipinski definition) is 1. The molecule has 0 unspecified atom stereocenters. The molecule has 1 nitrogen and oxygen atoms in total. The molecule has 0 aromatic carbocycles. The van der Waals surface area contributed by atoms with Crippen LogP contribution >= 0.6 is 8.58 Å². The van der Waals surface area contributed by atoms with Gasteiger partial charge >= 0.3 is 0 Å². The van der Waals surface area contributed by atoms with Crippen molar-refractivity contribution in [1.82, 2.24) is 5.32 Å². The van der Waals surface area contributed by atoms with E-state index in [1.54, 1.807) is 0 Å². The highest BCUT2D eigenvalue weighted by Gasteiger charge is 2.37. The summed E-state index contributed by atoms with van der Waals surface area (Å²) in [5.41, 5.74) is 0. The molecule has 1 aliphatic heterocycles. The third-order valence-corrected chi connectivity index (χ3v) is 4.64. The molecule has 0 atom stereocenters. The van der Waals surface area contributed by atoms with Gasteiger partial charge in [0.1, 0.15) is 0 Å². The van der Waals surface area contributed by atoms with Gasteiger partial charge in [-0.3, -0.25) is 0 Å². The topological polar surface area (TPSA) is 12.0 Å². The Balaban J connectivity index is 2.53. The van der Waals surface area contributed by atoms with Gasteiger partial charge in [0.05, 0.1) is 0 Å². The second kappa shape index (κ2) is 4.49. The van der Waals surface area contributed by atoms with Gasteiger partial charge in [-0.05, 0) is 36.1 Å². The third-order valence-electron chi connectivity index (χ3n) is 2.87. The fraction of sp³-hybridized carbons (Fsp3) is 1.00. The Hall–Kier alpha value is 0.390. The molecule has 0 radical (unpaired) electrons. The van der Waals surface area contributed by atoms with Gasteiger partial charge in [-0.25, -0.2) is 0 Å². The SMILES string of the molecule is CCCNC1CC(C)(C)PC(C)(C)C1. The van der Waals surface area contributed by atoms with Gasteiger partial charge < -0.3 is 5.32 Å². The lowest BCUT2D eigenvalue weighted by atomic mass is 9.93. The zero-order chi connectivity index (χ0) is 10.8. The van der Waals surface area contributed by atoms with Crippen LogP contribution in [-0.2, 0) is 0 Å². The molecule has 84 valence electrons. The van der Waals surface area contributed by atoms with Crippen molar-refractivity contribution in [2.24, 2.45) is 0 Å². The van der Waals surface area contributed by atoms with Gasteiger partial charge in [-0.15, -0.1) is 8.58 Å². The van der Waals surface area contributed by atoms with Crippen molar-refractivity contribution in [2.45, 2.75) is 70.2 Å². The van der Waals surface area contributed by atoms with E-state index < -0.39 is 0 Å². The summed E-state index contributed by atoms with van der Waals surface area (Å²) in [6.07, 6.45) is 3.96. The fourth-order valence-electron chi connectivity index (χ4n) is 2.82. The normalized spacial score (nSPS) is 31.9. The molecule has 1 N–H and O–H groups in total. The zero-order valence-corrected chi connectivity index (χ0v) is 11.4. The van der Waals surface area contributed by atoms with E-state index in [0.717, 1.165) is 14.6 Å². The van der Waals surface area contributed by atoms with Crippen LogP contribution in [-0.4, -0.2) is 22.9 Å². The summed E-state index contributed by atoms with van der Waals surface area (Å²) in [7, 11) is 1.11. The highest BCUT2D eigenvalue weighted by Crippen LogP contribution is 2.52. The average molecular weight is 215 g/mol. The van der Waals surface area contributed by atoms with E-state index in [1.807, 2.05) is 0 Å². The largest absolute Gasteiger partial charge is 0.314 e. The molecule has 0 amide bonds. The fourth-order valence-corrected chi connectivity index (χ4v) is 5.34. The highest BCUT2D eigenvalue weighted by molar-refractivity contribution is 7.41. The van der Waals surface area contributed by atoms with Crippen molar-refractivity contribution >= 4 is 8.58 Å². The van der Waals surface area contributed by atoms with E-state index >= 15 is 0 Å². The molecular weight excluding hydrogens is 189 g/mol. The van der Waals surface area contributed by atoms with Gasteiger partial charge in [0.2, 0.25) is 0 Å². The average Bonchev–Trinajstić information content (AvgIpc) is 1.94. The maximum absolute atomic E-state index is 3.69. The van der Waals surface area contributed by atoms with Crippen molar-refractivity contribution < 1.29 is 0 Å². The minimum atomic E-state index is 0.549. The van der Waals surface area contributed by atoms with Crippen molar-refractivity contribution in [3.05, 3.63) is 0 Å². The van der Waals surface area contributed by atoms with Gasteiger partial charge in [-0.1, -0.05) is 34.6 Å². The van der Waals surface area contributed by atoms with Gasteiger partial charge in [-0.2, -0.15) is 0 Å². The molecule has 1 rings (SSSR count). The monoisotopic (exact) mass is 215 g/mol. The van der Waals surface area contributed by atoms with Crippen LogP contribution in [0.5, 0.6) is 0 Å². The van der Waals surface area contributed by atoms with Crippen molar-refractivity contribution in [1.29, 1.82) is 0 Å². The van der Waals surface area contributed by atoms with Crippen molar-refractivity contribution in [2.75, 3.05) is 6.54 Å². The molecule has 0 spiro atoms. The minimum Gasteiger partial charge on any atom is -0.314 e. The molecule has 1 saturated heterocycles. The Morgan fingerprint density at radius 1 is 1.14 bits per heavy atom. The number of hydrogen-bond acceptors (Lipinski definition) is 1. The van der Waals surface area contributed by atoms with Gasteiger partial charge in [0.25, 0.3) is 0 Å². The van der Waals surface area contributed by atoms with Crippen LogP contribution in [0.2, 0.25) is 0 Å². The zero-order valence-electron chi connectivity index (χ0n) is 10.4. The molecule has 2 heteroatoms. The third kappa shape index (κ3) is 3.87. The second-order valence-corrected chi connectivity index (χ2v) is 8.91. The Morgan fingerprint density at radius 3 is 2.07 bits per heavy atom. The van der Waals surface area contributed by atoms with E-state index in [2.05, 4.69) is 39.9 Å². The number of rotatable bonds is 3. The van der Waals surface area contributed by atoms with E-state index in [4.69, 9.17) is 0 Å². The lowest BCUT2D eigenvalue weighted by molar-refractivity contribution is 0.359. The Morgan fingerprint density at radius 2 is 1.64 bits per heavy atom. The molecule has 0 bridgehead atoms. The molecule has 14 heavy (non-hydrogen) atoms. The van der Waals surface area contributed by atoms with E-state index in [0.29, 0.717) is 10.3 Å². The summed E-state index contributed by atoms with van der Waals surface area (Å²) in [6.45, 7) is 13.1. The first kappa shape index (κ1) is 12.5. The molecule has 1 aliphatic rings. The first-order valence-electron chi connectivity index (χ1n) is 5.87.